The number of carboxylic acid groups (broad SMARTS) is 1. The van der Waals surface area contributed by atoms with Gasteiger partial charge in [0.05, 0.1) is 0 Å². The van der Waals surface area contributed by atoms with Crippen LogP contribution >= 0.6 is 0 Å². The van der Waals surface area contributed by atoms with E-state index in [1.807, 2.05) is 18.2 Å². The highest BCUT2D eigenvalue weighted by atomic mass is 16.6. The fourth-order valence-electron chi connectivity index (χ4n) is 1.32. The van der Waals surface area contributed by atoms with Crippen LogP contribution in [0, 0.1) is 0 Å². The maximum absolute atomic E-state index is 10.9. The minimum Gasteiger partial charge on any atom is -0.477 e. The van der Waals surface area contributed by atoms with Crippen LogP contribution in [0.15, 0.2) is 35.5 Å². The molecule has 20 heavy (non-hydrogen) atoms. The van der Waals surface area contributed by atoms with Crippen molar-refractivity contribution in [2.45, 2.75) is 13.8 Å². The van der Waals surface area contributed by atoms with Crippen molar-refractivity contribution in [3.8, 4) is 0 Å². The number of amides is 1. The van der Waals surface area contributed by atoms with E-state index < -0.39 is 5.97 Å². The van der Waals surface area contributed by atoms with Crippen molar-refractivity contribution in [3.05, 3.63) is 35.9 Å². The van der Waals surface area contributed by atoms with Gasteiger partial charge in [-0.2, -0.15) is 0 Å². The Morgan fingerprint density at radius 3 is 2.80 bits per heavy atom. The third-order valence-corrected chi connectivity index (χ3v) is 2.20. The average Bonchev–Trinajstić information content (AvgIpc) is 2.37. The Kier molecular flexibility index (Phi) is 5.96. The molecule has 106 valence electrons. The van der Waals surface area contributed by atoms with Crippen molar-refractivity contribution in [2.24, 2.45) is 5.16 Å². The fraction of sp³-hybridized carbons (Fsp3) is 0.214. The molecule has 0 bridgehead atoms. The van der Waals surface area contributed by atoms with Crippen LogP contribution in [0.2, 0.25) is 0 Å². The van der Waals surface area contributed by atoms with E-state index in [1.54, 1.807) is 18.2 Å². The number of hydrogen-bond donors (Lipinski definition) is 2. The first-order valence-corrected chi connectivity index (χ1v) is 5.93. The largest absolute Gasteiger partial charge is 0.477 e. The Labute approximate surface area is 116 Å². The predicted molar refractivity (Wildman–Crippen MR) is 76.5 cm³/mol. The first-order chi connectivity index (χ1) is 9.49. The van der Waals surface area contributed by atoms with Gasteiger partial charge in [0.15, 0.2) is 5.71 Å². The lowest BCUT2D eigenvalue weighted by Gasteiger charge is -2.02. The summed E-state index contributed by atoms with van der Waals surface area (Å²) >= 11 is 0. The Bertz CT molecular complexity index is 550. The highest BCUT2D eigenvalue weighted by Crippen LogP contribution is 2.11. The van der Waals surface area contributed by atoms with Crippen molar-refractivity contribution in [1.82, 2.24) is 0 Å². The molecule has 0 spiro atoms. The number of anilines is 1. The first-order valence-electron chi connectivity index (χ1n) is 5.93. The molecule has 0 saturated carbocycles. The third kappa shape index (κ3) is 5.81. The lowest BCUT2D eigenvalue weighted by Crippen LogP contribution is -2.08. The average molecular weight is 276 g/mol. The lowest BCUT2D eigenvalue weighted by atomic mass is 10.2. The van der Waals surface area contributed by atoms with Gasteiger partial charge in [0.25, 0.3) is 0 Å². The molecule has 0 aliphatic carbocycles. The minimum absolute atomic E-state index is 0.106. The van der Waals surface area contributed by atoms with E-state index in [0.29, 0.717) is 5.69 Å². The zero-order valence-electron chi connectivity index (χ0n) is 11.3. The number of rotatable bonds is 6. The van der Waals surface area contributed by atoms with Crippen LogP contribution < -0.4 is 5.32 Å². The lowest BCUT2D eigenvalue weighted by molar-refractivity contribution is -0.129. The zero-order chi connectivity index (χ0) is 15.0. The Morgan fingerprint density at radius 1 is 1.40 bits per heavy atom. The topological polar surface area (TPSA) is 88.0 Å². The fourth-order valence-corrected chi connectivity index (χ4v) is 1.32. The Balaban J connectivity index is 2.52. The molecule has 6 heteroatoms. The molecule has 1 amide bonds. The summed E-state index contributed by atoms with van der Waals surface area (Å²) in [6.45, 7) is 2.96. The van der Waals surface area contributed by atoms with Gasteiger partial charge in [-0.05, 0) is 30.7 Å². The van der Waals surface area contributed by atoms with Gasteiger partial charge >= 0.3 is 5.97 Å². The maximum atomic E-state index is 10.9. The van der Waals surface area contributed by atoms with E-state index in [-0.39, 0.29) is 18.2 Å². The normalized spacial score (nSPS) is 11.4. The summed E-state index contributed by atoms with van der Waals surface area (Å²) in [7, 11) is 0. The highest BCUT2D eigenvalue weighted by Gasteiger charge is 2.00. The SMILES string of the molecule is CC(=O)Nc1cccc(/C=C/CON=C(C)C(=O)O)c1. The van der Waals surface area contributed by atoms with E-state index in [4.69, 9.17) is 9.94 Å². The maximum Gasteiger partial charge on any atom is 0.353 e. The number of hydrogen-bond acceptors (Lipinski definition) is 4. The zero-order valence-corrected chi connectivity index (χ0v) is 11.3. The molecule has 0 radical (unpaired) electrons. The summed E-state index contributed by atoms with van der Waals surface area (Å²) in [4.78, 5) is 26.2. The van der Waals surface area contributed by atoms with Crippen LogP contribution in [0.4, 0.5) is 5.69 Å². The highest BCUT2D eigenvalue weighted by molar-refractivity contribution is 6.34. The third-order valence-electron chi connectivity index (χ3n) is 2.20. The summed E-state index contributed by atoms with van der Waals surface area (Å²) in [5, 5.41) is 14.7. The molecule has 0 unspecified atom stereocenters. The van der Waals surface area contributed by atoms with Crippen LogP contribution in [-0.4, -0.2) is 29.3 Å². The van der Waals surface area contributed by atoms with Gasteiger partial charge in [0, 0.05) is 12.6 Å². The molecular formula is C14H16N2O4. The summed E-state index contributed by atoms with van der Waals surface area (Å²) in [6, 6.07) is 7.28. The predicted octanol–water partition coefficient (Wildman–Crippen LogP) is 2.14. The molecule has 0 fully saturated rings. The molecule has 0 atom stereocenters. The number of nitrogens with zero attached hydrogens (tertiary/aromatic N) is 1. The smallest absolute Gasteiger partial charge is 0.353 e. The number of aliphatic carboxylic acids is 1. The van der Waals surface area contributed by atoms with Crippen molar-refractivity contribution in [2.75, 3.05) is 11.9 Å². The molecule has 1 aromatic rings. The Hall–Kier alpha value is -2.63. The molecule has 0 aliphatic heterocycles. The quantitative estimate of drug-likeness (QED) is 0.473. The van der Waals surface area contributed by atoms with Gasteiger partial charge in [-0.1, -0.05) is 23.4 Å². The van der Waals surface area contributed by atoms with E-state index in [0.717, 1.165) is 5.56 Å². The van der Waals surface area contributed by atoms with E-state index in [9.17, 15) is 9.59 Å². The van der Waals surface area contributed by atoms with Crippen LogP contribution in [0.25, 0.3) is 6.08 Å². The minimum atomic E-state index is -1.11. The molecule has 0 aliphatic rings. The summed E-state index contributed by atoms with van der Waals surface area (Å²) in [5.74, 6) is -1.25. The molecule has 1 rings (SSSR count). The van der Waals surface area contributed by atoms with Gasteiger partial charge in [-0.3, -0.25) is 4.79 Å². The second kappa shape index (κ2) is 7.73. The van der Waals surface area contributed by atoms with Gasteiger partial charge < -0.3 is 15.3 Å². The molecule has 0 saturated heterocycles. The number of nitrogens with one attached hydrogen (secondary N) is 1. The van der Waals surface area contributed by atoms with Gasteiger partial charge in [-0.25, -0.2) is 4.79 Å². The molecule has 6 nitrogen and oxygen atoms in total. The monoisotopic (exact) mass is 276 g/mol. The van der Waals surface area contributed by atoms with Crippen molar-refractivity contribution in [3.63, 3.8) is 0 Å². The van der Waals surface area contributed by atoms with Crippen molar-refractivity contribution < 1.29 is 19.5 Å². The number of carbonyl (C=O) groups is 2. The molecule has 0 aromatic heterocycles. The number of carbonyl (C=O) groups excluding carboxylic acids is 1. The second-order valence-corrected chi connectivity index (χ2v) is 3.99. The van der Waals surface area contributed by atoms with Crippen molar-refractivity contribution >= 4 is 29.4 Å². The summed E-state index contributed by atoms with van der Waals surface area (Å²) < 4.78 is 0. The first kappa shape index (κ1) is 15.4. The second-order valence-electron chi connectivity index (χ2n) is 3.99. The van der Waals surface area contributed by atoms with Crippen LogP contribution in [0.3, 0.4) is 0 Å². The molecule has 0 heterocycles. The van der Waals surface area contributed by atoms with Crippen LogP contribution in [0.1, 0.15) is 19.4 Å². The van der Waals surface area contributed by atoms with E-state index in [2.05, 4.69) is 10.5 Å². The molecule has 2 N–H and O–H groups in total. The Morgan fingerprint density at radius 2 is 2.15 bits per heavy atom. The standard InChI is InChI=1S/C14H16N2O4/c1-10(14(18)19)16-20-8-4-6-12-5-3-7-13(9-12)15-11(2)17/h3-7,9H,8H2,1-2H3,(H,15,17)(H,18,19)/b6-4+,16-10?. The number of benzene rings is 1. The van der Waals surface area contributed by atoms with Gasteiger partial charge in [-0.15, -0.1) is 0 Å². The van der Waals surface area contributed by atoms with E-state index >= 15 is 0 Å². The van der Waals surface area contributed by atoms with Crippen molar-refractivity contribution in [1.29, 1.82) is 0 Å². The van der Waals surface area contributed by atoms with Crippen LogP contribution in [0.5, 0.6) is 0 Å². The number of oxime groups is 1. The summed E-state index contributed by atoms with van der Waals surface area (Å²) in [5.41, 5.74) is 1.49. The van der Waals surface area contributed by atoms with Gasteiger partial charge in [0.2, 0.25) is 5.91 Å². The number of carboxylic acids is 1. The van der Waals surface area contributed by atoms with Gasteiger partial charge in [0.1, 0.15) is 6.61 Å². The summed E-state index contributed by atoms with van der Waals surface area (Å²) in [6.07, 6.45) is 3.49. The molecular weight excluding hydrogens is 260 g/mol. The van der Waals surface area contributed by atoms with Crippen LogP contribution in [-0.2, 0) is 14.4 Å². The van der Waals surface area contributed by atoms with E-state index in [1.165, 1.54) is 13.8 Å². The molecule has 1 aromatic carbocycles.